The minimum absolute atomic E-state index is 0.144. The zero-order chi connectivity index (χ0) is 21.0. The topological polar surface area (TPSA) is 53.6 Å². The van der Waals surface area contributed by atoms with Crippen molar-refractivity contribution >= 4 is 11.6 Å². The number of halogens is 1. The zero-order valence-corrected chi connectivity index (χ0v) is 17.7. The molecule has 1 aliphatic carbocycles. The number of aryl methyl sites for hydroxylation is 1. The Balaban J connectivity index is 1.38. The molecule has 2 fully saturated rings. The molecule has 2 N–H and O–H groups in total. The van der Waals surface area contributed by atoms with Crippen molar-refractivity contribution in [2.75, 3.05) is 25.6 Å². The third-order valence-electron chi connectivity index (χ3n) is 6.97. The first-order valence-corrected chi connectivity index (χ1v) is 10.7. The maximum absolute atomic E-state index is 13.5. The highest BCUT2D eigenvalue weighted by molar-refractivity contribution is 6.01. The van der Waals surface area contributed by atoms with E-state index in [4.69, 9.17) is 4.74 Å². The van der Waals surface area contributed by atoms with E-state index in [1.807, 2.05) is 20.0 Å². The smallest absolute Gasteiger partial charge is 0.230 e. The fourth-order valence-electron chi connectivity index (χ4n) is 5.20. The first-order chi connectivity index (χ1) is 14.5. The highest BCUT2D eigenvalue weighted by atomic mass is 19.1. The van der Waals surface area contributed by atoms with Crippen molar-refractivity contribution in [2.45, 2.75) is 44.3 Å². The standard InChI is InChI=1S/C24H28FN3O2/c1-13-8-15(25)4-5-16(13)23-20(6-7-26-23)27-12-14-9-21-18(11-22(14)30-3)17-10-19(17)24(29)28(21)2/h4-5,8-9,11,17,19-20,23,26-27H,6-7,10,12H2,1-3H3. The maximum atomic E-state index is 13.5. The first-order valence-electron chi connectivity index (χ1n) is 10.7. The zero-order valence-electron chi connectivity index (χ0n) is 17.7. The minimum Gasteiger partial charge on any atom is -0.496 e. The Morgan fingerprint density at radius 3 is 2.83 bits per heavy atom. The lowest BCUT2D eigenvalue weighted by molar-refractivity contribution is -0.119. The molecule has 0 bridgehead atoms. The quantitative estimate of drug-likeness (QED) is 0.795. The van der Waals surface area contributed by atoms with Crippen LogP contribution >= 0.6 is 0 Å². The average Bonchev–Trinajstić information content (AvgIpc) is 3.41. The second kappa shape index (κ2) is 7.36. The molecule has 6 heteroatoms. The van der Waals surface area contributed by atoms with E-state index in [0.29, 0.717) is 12.5 Å². The third kappa shape index (κ3) is 3.19. The summed E-state index contributed by atoms with van der Waals surface area (Å²) < 4.78 is 19.2. The van der Waals surface area contributed by atoms with Gasteiger partial charge in [-0.2, -0.15) is 0 Å². The summed E-state index contributed by atoms with van der Waals surface area (Å²) in [7, 11) is 3.57. The van der Waals surface area contributed by atoms with E-state index in [1.54, 1.807) is 18.1 Å². The fourth-order valence-corrected chi connectivity index (χ4v) is 5.20. The number of ether oxygens (including phenoxy) is 1. The second-order valence-electron chi connectivity index (χ2n) is 8.78. The summed E-state index contributed by atoms with van der Waals surface area (Å²) in [6.07, 6.45) is 1.94. The van der Waals surface area contributed by atoms with Crippen LogP contribution in [0.15, 0.2) is 30.3 Å². The third-order valence-corrected chi connectivity index (χ3v) is 6.97. The Bertz CT molecular complexity index is 1010. The summed E-state index contributed by atoms with van der Waals surface area (Å²) in [6, 6.07) is 9.62. The molecule has 2 aliphatic heterocycles. The fraction of sp³-hybridized carbons (Fsp3) is 0.458. The number of methoxy groups -OCH3 is 1. The molecule has 4 unspecified atom stereocenters. The van der Waals surface area contributed by atoms with Crippen LogP contribution in [0, 0.1) is 18.7 Å². The average molecular weight is 410 g/mol. The van der Waals surface area contributed by atoms with Crippen LogP contribution in [-0.4, -0.2) is 32.7 Å². The van der Waals surface area contributed by atoms with Gasteiger partial charge in [-0.3, -0.25) is 4.79 Å². The lowest BCUT2D eigenvalue weighted by atomic mass is 9.95. The summed E-state index contributed by atoms with van der Waals surface area (Å²) in [5.41, 5.74) is 5.38. The van der Waals surface area contributed by atoms with Gasteiger partial charge in [-0.15, -0.1) is 0 Å². The van der Waals surface area contributed by atoms with Gasteiger partial charge in [-0.25, -0.2) is 4.39 Å². The van der Waals surface area contributed by atoms with E-state index in [-0.39, 0.29) is 29.7 Å². The molecule has 1 amide bonds. The maximum Gasteiger partial charge on any atom is 0.230 e. The molecule has 2 aromatic rings. The van der Waals surface area contributed by atoms with Gasteiger partial charge >= 0.3 is 0 Å². The Hall–Kier alpha value is -2.44. The second-order valence-corrected chi connectivity index (χ2v) is 8.78. The summed E-state index contributed by atoms with van der Waals surface area (Å²) in [5.74, 6) is 1.40. The molecule has 5 nitrogen and oxygen atoms in total. The lowest BCUT2D eigenvalue weighted by Gasteiger charge is -2.28. The molecule has 0 aromatic heterocycles. The van der Waals surface area contributed by atoms with Crippen LogP contribution in [0.4, 0.5) is 10.1 Å². The van der Waals surface area contributed by atoms with Crippen LogP contribution < -0.4 is 20.3 Å². The Morgan fingerprint density at radius 2 is 2.07 bits per heavy atom. The number of nitrogens with one attached hydrogen (secondary N) is 2. The van der Waals surface area contributed by atoms with Gasteiger partial charge in [0.05, 0.1) is 7.11 Å². The molecular formula is C24H28FN3O2. The van der Waals surface area contributed by atoms with Crippen molar-refractivity contribution in [3.05, 3.63) is 58.4 Å². The minimum atomic E-state index is -0.200. The van der Waals surface area contributed by atoms with E-state index >= 15 is 0 Å². The largest absolute Gasteiger partial charge is 0.496 e. The SMILES string of the molecule is COc1cc2c(cc1CNC1CCNC1c1ccc(F)cc1C)N(C)C(=O)C1CC21. The van der Waals surface area contributed by atoms with Gasteiger partial charge in [0.25, 0.3) is 0 Å². The number of hydrogen-bond donors (Lipinski definition) is 2. The van der Waals surface area contributed by atoms with Gasteiger partial charge in [0.15, 0.2) is 0 Å². The van der Waals surface area contributed by atoms with Crippen LogP contribution in [-0.2, 0) is 11.3 Å². The van der Waals surface area contributed by atoms with Crippen molar-refractivity contribution in [3.63, 3.8) is 0 Å². The summed E-state index contributed by atoms with van der Waals surface area (Å²) in [4.78, 5) is 14.3. The van der Waals surface area contributed by atoms with Gasteiger partial charge in [-0.05, 0) is 73.2 Å². The van der Waals surface area contributed by atoms with Crippen LogP contribution in [0.5, 0.6) is 5.75 Å². The van der Waals surface area contributed by atoms with E-state index in [0.717, 1.165) is 47.5 Å². The monoisotopic (exact) mass is 409 g/mol. The summed E-state index contributed by atoms with van der Waals surface area (Å²) >= 11 is 0. The van der Waals surface area contributed by atoms with Gasteiger partial charge in [-0.1, -0.05) is 6.07 Å². The van der Waals surface area contributed by atoms with E-state index in [2.05, 4.69) is 22.8 Å². The van der Waals surface area contributed by atoms with Crippen molar-refractivity contribution in [1.29, 1.82) is 0 Å². The number of nitrogens with zero attached hydrogens (tertiary/aromatic N) is 1. The molecule has 2 aromatic carbocycles. The van der Waals surface area contributed by atoms with Gasteiger partial charge in [0, 0.05) is 42.8 Å². The normalized spacial score (nSPS) is 27.1. The number of amides is 1. The number of carbonyl (C=O) groups excluding carboxylic acids is 1. The van der Waals surface area contributed by atoms with Crippen molar-refractivity contribution in [2.24, 2.45) is 5.92 Å². The number of rotatable bonds is 5. The highest BCUT2D eigenvalue weighted by Gasteiger charge is 2.50. The number of fused-ring (bicyclic) bond motifs is 3. The van der Waals surface area contributed by atoms with Crippen molar-refractivity contribution in [1.82, 2.24) is 10.6 Å². The highest BCUT2D eigenvalue weighted by Crippen LogP contribution is 2.56. The molecule has 0 radical (unpaired) electrons. The predicted molar refractivity (Wildman–Crippen MR) is 114 cm³/mol. The molecular weight excluding hydrogens is 381 g/mol. The van der Waals surface area contributed by atoms with E-state index in [1.165, 1.54) is 11.6 Å². The van der Waals surface area contributed by atoms with Gasteiger partial charge < -0.3 is 20.3 Å². The number of carbonyl (C=O) groups is 1. The Labute approximate surface area is 176 Å². The molecule has 2 heterocycles. The van der Waals surface area contributed by atoms with Crippen molar-refractivity contribution < 1.29 is 13.9 Å². The summed E-state index contributed by atoms with van der Waals surface area (Å²) in [6.45, 7) is 3.52. The molecule has 4 atom stereocenters. The van der Waals surface area contributed by atoms with Gasteiger partial charge in [0.2, 0.25) is 5.91 Å². The first kappa shape index (κ1) is 19.5. The molecule has 5 rings (SSSR count). The molecule has 158 valence electrons. The summed E-state index contributed by atoms with van der Waals surface area (Å²) in [5, 5.41) is 7.23. The predicted octanol–water partition coefficient (Wildman–Crippen LogP) is 3.42. The number of hydrogen-bond acceptors (Lipinski definition) is 4. The van der Waals surface area contributed by atoms with E-state index in [9.17, 15) is 9.18 Å². The van der Waals surface area contributed by atoms with Crippen LogP contribution in [0.1, 0.15) is 47.1 Å². The lowest BCUT2D eigenvalue weighted by Crippen LogP contribution is -2.35. The van der Waals surface area contributed by atoms with Crippen LogP contribution in [0.2, 0.25) is 0 Å². The molecule has 1 saturated carbocycles. The Morgan fingerprint density at radius 1 is 1.23 bits per heavy atom. The van der Waals surface area contributed by atoms with Gasteiger partial charge in [0.1, 0.15) is 11.6 Å². The van der Waals surface area contributed by atoms with E-state index < -0.39 is 0 Å². The molecule has 1 saturated heterocycles. The van der Waals surface area contributed by atoms with Crippen molar-refractivity contribution in [3.8, 4) is 5.75 Å². The Kier molecular flexibility index (Phi) is 4.79. The number of benzene rings is 2. The van der Waals surface area contributed by atoms with Crippen LogP contribution in [0.25, 0.3) is 0 Å². The number of anilines is 1. The van der Waals surface area contributed by atoms with Crippen LogP contribution in [0.3, 0.4) is 0 Å². The molecule has 30 heavy (non-hydrogen) atoms. The molecule has 0 spiro atoms. The molecule has 3 aliphatic rings.